The molecule has 2 N–H and O–H groups in total. The zero-order valence-corrected chi connectivity index (χ0v) is 10.1. The van der Waals surface area contributed by atoms with Gasteiger partial charge in [0.15, 0.2) is 0 Å². The molecule has 0 aliphatic rings. The SMILES string of the molecule is COCC(Nc1cccc(SC)c1)C(=O)O. The number of carboxylic acids is 1. The van der Waals surface area contributed by atoms with E-state index in [1.54, 1.807) is 11.8 Å². The lowest BCUT2D eigenvalue weighted by Gasteiger charge is -2.15. The van der Waals surface area contributed by atoms with Gasteiger partial charge < -0.3 is 15.2 Å². The van der Waals surface area contributed by atoms with E-state index in [1.165, 1.54) is 7.11 Å². The van der Waals surface area contributed by atoms with Crippen LogP contribution in [0.4, 0.5) is 5.69 Å². The van der Waals surface area contributed by atoms with Crippen LogP contribution < -0.4 is 5.32 Å². The molecule has 0 aliphatic heterocycles. The van der Waals surface area contributed by atoms with Crippen LogP contribution in [-0.4, -0.2) is 37.1 Å². The summed E-state index contributed by atoms with van der Waals surface area (Å²) in [7, 11) is 1.48. The van der Waals surface area contributed by atoms with Gasteiger partial charge in [-0.05, 0) is 24.5 Å². The molecule has 0 heterocycles. The van der Waals surface area contributed by atoms with Crippen LogP contribution in [0.15, 0.2) is 29.2 Å². The molecule has 1 aromatic carbocycles. The van der Waals surface area contributed by atoms with Crippen molar-refractivity contribution in [3.05, 3.63) is 24.3 Å². The summed E-state index contributed by atoms with van der Waals surface area (Å²) in [6.45, 7) is 0.138. The second-order valence-corrected chi connectivity index (χ2v) is 4.10. The standard InChI is InChI=1S/C11H15NO3S/c1-15-7-10(11(13)14)12-8-4-3-5-9(6-8)16-2/h3-6,10,12H,7H2,1-2H3,(H,13,14). The van der Waals surface area contributed by atoms with E-state index in [2.05, 4.69) is 5.32 Å². The van der Waals surface area contributed by atoms with E-state index in [0.717, 1.165) is 10.6 Å². The molecule has 0 radical (unpaired) electrons. The number of methoxy groups -OCH3 is 1. The molecule has 1 unspecified atom stereocenters. The summed E-state index contributed by atoms with van der Waals surface area (Å²) >= 11 is 1.61. The lowest BCUT2D eigenvalue weighted by atomic mass is 10.2. The number of carboxylic acid groups (broad SMARTS) is 1. The minimum Gasteiger partial charge on any atom is -0.480 e. The fourth-order valence-electron chi connectivity index (χ4n) is 1.26. The summed E-state index contributed by atoms with van der Waals surface area (Å²) in [5.74, 6) is -0.920. The first-order valence-electron chi connectivity index (χ1n) is 4.79. The minimum absolute atomic E-state index is 0.138. The van der Waals surface area contributed by atoms with E-state index in [1.807, 2.05) is 30.5 Å². The maximum absolute atomic E-state index is 10.9. The van der Waals surface area contributed by atoms with Gasteiger partial charge in [-0.1, -0.05) is 6.07 Å². The third-order valence-corrected chi connectivity index (χ3v) is 2.77. The minimum atomic E-state index is -0.920. The van der Waals surface area contributed by atoms with Crippen molar-refractivity contribution in [2.24, 2.45) is 0 Å². The first-order valence-corrected chi connectivity index (χ1v) is 6.02. The van der Waals surface area contributed by atoms with Gasteiger partial charge in [0, 0.05) is 17.7 Å². The topological polar surface area (TPSA) is 58.6 Å². The highest BCUT2D eigenvalue weighted by Gasteiger charge is 2.16. The van der Waals surface area contributed by atoms with Crippen molar-refractivity contribution in [3.63, 3.8) is 0 Å². The predicted molar refractivity (Wildman–Crippen MR) is 65.1 cm³/mol. The summed E-state index contributed by atoms with van der Waals surface area (Å²) in [4.78, 5) is 12.0. The lowest BCUT2D eigenvalue weighted by molar-refractivity contribution is -0.139. The molecule has 1 rings (SSSR count). The van der Waals surface area contributed by atoms with Gasteiger partial charge in [0.05, 0.1) is 6.61 Å². The number of anilines is 1. The lowest BCUT2D eigenvalue weighted by Crippen LogP contribution is -2.33. The van der Waals surface area contributed by atoms with E-state index >= 15 is 0 Å². The van der Waals surface area contributed by atoms with Crippen molar-refractivity contribution < 1.29 is 14.6 Å². The molecule has 0 amide bonds. The van der Waals surface area contributed by atoms with Gasteiger partial charge >= 0.3 is 5.97 Å². The van der Waals surface area contributed by atoms with Crippen molar-refractivity contribution in [2.45, 2.75) is 10.9 Å². The van der Waals surface area contributed by atoms with Crippen molar-refractivity contribution in [2.75, 3.05) is 25.3 Å². The molecule has 0 aliphatic carbocycles. The number of ether oxygens (including phenoxy) is 1. The number of nitrogens with one attached hydrogen (secondary N) is 1. The average molecular weight is 241 g/mol. The Labute approximate surface area is 99.0 Å². The molecule has 4 nitrogen and oxygen atoms in total. The van der Waals surface area contributed by atoms with E-state index < -0.39 is 12.0 Å². The van der Waals surface area contributed by atoms with Crippen LogP contribution in [0.5, 0.6) is 0 Å². The quantitative estimate of drug-likeness (QED) is 0.745. The Hall–Kier alpha value is -1.20. The molecule has 0 fully saturated rings. The molecule has 0 bridgehead atoms. The average Bonchev–Trinajstić information content (AvgIpc) is 2.28. The van der Waals surface area contributed by atoms with Gasteiger partial charge in [-0.25, -0.2) is 4.79 Å². The second kappa shape index (κ2) is 6.40. The predicted octanol–water partition coefficient (Wildman–Crippen LogP) is 1.92. The molecular formula is C11H15NO3S. The fourth-order valence-corrected chi connectivity index (χ4v) is 1.71. The Balaban J connectivity index is 2.72. The molecule has 0 saturated heterocycles. The highest BCUT2D eigenvalue weighted by molar-refractivity contribution is 7.98. The Morgan fingerprint density at radius 1 is 1.62 bits per heavy atom. The summed E-state index contributed by atoms with van der Waals surface area (Å²) in [6.07, 6.45) is 1.98. The largest absolute Gasteiger partial charge is 0.480 e. The summed E-state index contributed by atoms with van der Waals surface area (Å²) < 4.78 is 4.85. The zero-order valence-electron chi connectivity index (χ0n) is 9.27. The Morgan fingerprint density at radius 3 is 2.94 bits per heavy atom. The number of thioether (sulfide) groups is 1. The highest BCUT2D eigenvalue weighted by Crippen LogP contribution is 2.19. The molecule has 1 atom stereocenters. The van der Waals surface area contributed by atoms with Crippen LogP contribution in [0.1, 0.15) is 0 Å². The van der Waals surface area contributed by atoms with Crippen LogP contribution in [-0.2, 0) is 9.53 Å². The van der Waals surface area contributed by atoms with E-state index in [4.69, 9.17) is 9.84 Å². The molecule has 0 spiro atoms. The number of aliphatic carboxylic acids is 1. The number of rotatable bonds is 6. The van der Waals surface area contributed by atoms with Crippen molar-refractivity contribution >= 4 is 23.4 Å². The van der Waals surface area contributed by atoms with Gasteiger partial charge in [0.2, 0.25) is 0 Å². The van der Waals surface area contributed by atoms with Gasteiger partial charge in [-0.3, -0.25) is 0 Å². The van der Waals surface area contributed by atoms with Crippen molar-refractivity contribution in [3.8, 4) is 0 Å². The van der Waals surface area contributed by atoms with Gasteiger partial charge in [0.25, 0.3) is 0 Å². The van der Waals surface area contributed by atoms with Crippen LogP contribution in [0.2, 0.25) is 0 Å². The number of benzene rings is 1. The zero-order chi connectivity index (χ0) is 12.0. The van der Waals surface area contributed by atoms with E-state index in [0.29, 0.717) is 0 Å². The Morgan fingerprint density at radius 2 is 2.38 bits per heavy atom. The van der Waals surface area contributed by atoms with Crippen LogP contribution in [0.25, 0.3) is 0 Å². The summed E-state index contributed by atoms with van der Waals surface area (Å²) in [5.41, 5.74) is 0.788. The highest BCUT2D eigenvalue weighted by atomic mass is 32.2. The van der Waals surface area contributed by atoms with E-state index in [-0.39, 0.29) is 6.61 Å². The summed E-state index contributed by atoms with van der Waals surface area (Å²) in [5, 5.41) is 11.9. The monoisotopic (exact) mass is 241 g/mol. The smallest absolute Gasteiger partial charge is 0.328 e. The van der Waals surface area contributed by atoms with Gasteiger partial charge in [0.1, 0.15) is 6.04 Å². The molecule has 5 heteroatoms. The number of carbonyl (C=O) groups is 1. The first-order chi connectivity index (χ1) is 7.67. The Kier molecular flexibility index (Phi) is 5.14. The first kappa shape index (κ1) is 12.9. The third-order valence-electron chi connectivity index (χ3n) is 2.04. The molecule has 0 saturated carbocycles. The molecule has 1 aromatic rings. The van der Waals surface area contributed by atoms with E-state index in [9.17, 15) is 4.79 Å². The van der Waals surface area contributed by atoms with Gasteiger partial charge in [-0.2, -0.15) is 0 Å². The maximum atomic E-state index is 10.9. The molecule has 88 valence electrons. The Bertz CT molecular complexity index is 357. The summed E-state index contributed by atoms with van der Waals surface area (Å²) in [6, 6.07) is 6.89. The fraction of sp³-hybridized carbons (Fsp3) is 0.364. The molecule has 16 heavy (non-hydrogen) atoms. The number of hydrogen-bond acceptors (Lipinski definition) is 4. The van der Waals surface area contributed by atoms with Crippen LogP contribution in [0.3, 0.4) is 0 Å². The van der Waals surface area contributed by atoms with Crippen molar-refractivity contribution in [1.82, 2.24) is 0 Å². The van der Waals surface area contributed by atoms with Crippen LogP contribution in [0, 0.1) is 0 Å². The normalized spacial score (nSPS) is 12.1. The van der Waals surface area contributed by atoms with Gasteiger partial charge in [-0.15, -0.1) is 11.8 Å². The second-order valence-electron chi connectivity index (χ2n) is 3.22. The van der Waals surface area contributed by atoms with Crippen LogP contribution >= 0.6 is 11.8 Å². The maximum Gasteiger partial charge on any atom is 0.328 e. The van der Waals surface area contributed by atoms with Crippen molar-refractivity contribution in [1.29, 1.82) is 0 Å². The molecule has 0 aromatic heterocycles. The molecular weight excluding hydrogens is 226 g/mol. The third kappa shape index (κ3) is 3.75. The number of hydrogen-bond donors (Lipinski definition) is 2.